The van der Waals surface area contributed by atoms with Crippen LogP contribution in [0.25, 0.3) is 11.1 Å². The maximum absolute atomic E-state index is 13.1. The molecule has 4 rings (SSSR count). The number of carbonyl (C=O) groups is 2. The number of pyridine rings is 1. The lowest BCUT2D eigenvalue weighted by molar-refractivity contribution is -0.150. The first-order valence-corrected chi connectivity index (χ1v) is 11.2. The second kappa shape index (κ2) is 10.3. The topological polar surface area (TPSA) is 62.7 Å². The van der Waals surface area contributed by atoms with Gasteiger partial charge in [0.2, 0.25) is 11.8 Å². The summed E-state index contributed by atoms with van der Waals surface area (Å²) in [4.78, 5) is 33.7. The lowest BCUT2D eigenvalue weighted by Gasteiger charge is -2.39. The van der Waals surface area contributed by atoms with Gasteiger partial charge in [-0.05, 0) is 52.9 Å². The molecular formula is C27H29N3O3. The van der Waals surface area contributed by atoms with Crippen LogP contribution in [0.1, 0.15) is 17.5 Å². The first-order valence-electron chi connectivity index (χ1n) is 11.2. The SMILES string of the molecule is COc1ccc(CCC(=O)N2CCN(C)C(=O)[C@@H]2Cc2ccc(-c3ccncc3)cc2)cc1. The average molecular weight is 444 g/mol. The van der Waals surface area contributed by atoms with Crippen LogP contribution in [-0.4, -0.2) is 59.9 Å². The van der Waals surface area contributed by atoms with Gasteiger partial charge in [-0.2, -0.15) is 0 Å². The van der Waals surface area contributed by atoms with Crippen LogP contribution in [0.5, 0.6) is 5.75 Å². The molecule has 0 saturated carbocycles. The average Bonchev–Trinajstić information content (AvgIpc) is 2.87. The minimum absolute atomic E-state index is 0.00254. The van der Waals surface area contributed by atoms with Crippen LogP contribution >= 0.6 is 0 Å². The smallest absolute Gasteiger partial charge is 0.245 e. The van der Waals surface area contributed by atoms with Crippen molar-refractivity contribution in [3.05, 3.63) is 84.2 Å². The summed E-state index contributed by atoms with van der Waals surface area (Å²) in [5.41, 5.74) is 4.31. The summed E-state index contributed by atoms with van der Waals surface area (Å²) in [6.45, 7) is 1.12. The van der Waals surface area contributed by atoms with Crippen molar-refractivity contribution in [1.82, 2.24) is 14.8 Å². The minimum Gasteiger partial charge on any atom is -0.497 e. The molecule has 0 unspecified atom stereocenters. The molecule has 6 nitrogen and oxygen atoms in total. The van der Waals surface area contributed by atoms with Crippen molar-refractivity contribution in [2.24, 2.45) is 0 Å². The molecular weight excluding hydrogens is 414 g/mol. The van der Waals surface area contributed by atoms with Gasteiger partial charge in [0.25, 0.3) is 0 Å². The van der Waals surface area contributed by atoms with E-state index < -0.39 is 6.04 Å². The molecule has 2 amide bonds. The van der Waals surface area contributed by atoms with E-state index in [2.05, 4.69) is 17.1 Å². The van der Waals surface area contributed by atoms with Crippen molar-refractivity contribution < 1.29 is 14.3 Å². The van der Waals surface area contributed by atoms with Gasteiger partial charge in [0.1, 0.15) is 11.8 Å². The molecule has 3 aromatic rings. The number of aryl methyl sites for hydroxylation is 1. The zero-order chi connectivity index (χ0) is 23.2. The molecule has 6 heteroatoms. The largest absolute Gasteiger partial charge is 0.497 e. The summed E-state index contributed by atoms with van der Waals surface area (Å²) in [6, 6.07) is 19.4. The number of nitrogens with zero attached hydrogens (tertiary/aromatic N) is 3. The van der Waals surface area contributed by atoms with Crippen molar-refractivity contribution in [2.45, 2.75) is 25.3 Å². The molecule has 1 saturated heterocycles. The highest BCUT2D eigenvalue weighted by atomic mass is 16.5. The third-order valence-electron chi connectivity index (χ3n) is 6.22. The third-order valence-corrected chi connectivity index (χ3v) is 6.22. The molecule has 1 aliphatic rings. The highest BCUT2D eigenvalue weighted by Gasteiger charge is 2.35. The Hall–Kier alpha value is -3.67. The van der Waals surface area contributed by atoms with Gasteiger partial charge in [-0.15, -0.1) is 0 Å². The Morgan fingerprint density at radius 3 is 2.24 bits per heavy atom. The molecule has 0 spiro atoms. The van der Waals surface area contributed by atoms with E-state index in [1.807, 2.05) is 48.5 Å². The van der Waals surface area contributed by atoms with Crippen LogP contribution in [0.2, 0.25) is 0 Å². The predicted octanol–water partition coefficient (Wildman–Crippen LogP) is 3.60. The quantitative estimate of drug-likeness (QED) is 0.560. The van der Waals surface area contributed by atoms with Gasteiger partial charge in [-0.1, -0.05) is 36.4 Å². The molecule has 2 aromatic carbocycles. The summed E-state index contributed by atoms with van der Waals surface area (Å²) in [5.74, 6) is 0.813. The fraction of sp³-hybridized carbons (Fsp3) is 0.296. The number of ether oxygens (including phenoxy) is 1. The van der Waals surface area contributed by atoms with Crippen LogP contribution in [0, 0.1) is 0 Å². The number of amides is 2. The second-order valence-corrected chi connectivity index (χ2v) is 8.35. The van der Waals surface area contributed by atoms with Crippen molar-refractivity contribution >= 4 is 11.8 Å². The van der Waals surface area contributed by atoms with Gasteiger partial charge in [0.05, 0.1) is 7.11 Å². The first kappa shape index (κ1) is 22.5. The maximum atomic E-state index is 13.1. The number of piperazine rings is 1. The normalized spacial score (nSPS) is 16.1. The van der Waals surface area contributed by atoms with E-state index in [0.29, 0.717) is 32.4 Å². The molecule has 33 heavy (non-hydrogen) atoms. The fourth-order valence-corrected chi connectivity index (χ4v) is 4.20. The van der Waals surface area contributed by atoms with Crippen molar-refractivity contribution in [3.63, 3.8) is 0 Å². The molecule has 1 fully saturated rings. The predicted molar refractivity (Wildman–Crippen MR) is 128 cm³/mol. The van der Waals surface area contributed by atoms with E-state index >= 15 is 0 Å². The van der Waals surface area contributed by atoms with E-state index in [1.165, 1.54) is 0 Å². The van der Waals surface area contributed by atoms with Crippen LogP contribution in [0.3, 0.4) is 0 Å². The molecule has 0 radical (unpaired) electrons. The van der Waals surface area contributed by atoms with Gasteiger partial charge >= 0.3 is 0 Å². The molecule has 0 bridgehead atoms. The Morgan fingerprint density at radius 2 is 1.58 bits per heavy atom. The number of hydrogen-bond acceptors (Lipinski definition) is 4. The molecule has 170 valence electrons. The summed E-state index contributed by atoms with van der Waals surface area (Å²) in [5, 5.41) is 0. The summed E-state index contributed by atoms with van der Waals surface area (Å²) in [6.07, 6.45) is 5.07. The van der Waals surface area contributed by atoms with Gasteiger partial charge < -0.3 is 14.5 Å². The standard InChI is InChI=1S/C27H29N3O3/c1-29-17-18-30(26(31)12-7-20-5-10-24(33-2)11-6-20)25(27(29)32)19-21-3-8-22(9-4-21)23-13-15-28-16-14-23/h3-6,8-11,13-16,25H,7,12,17-19H2,1-2H3/t25-/m0/s1. The summed E-state index contributed by atoms with van der Waals surface area (Å²) >= 11 is 0. The maximum Gasteiger partial charge on any atom is 0.245 e. The Morgan fingerprint density at radius 1 is 0.939 bits per heavy atom. The number of benzene rings is 2. The van der Waals surface area contributed by atoms with E-state index in [4.69, 9.17) is 4.74 Å². The molecule has 1 aromatic heterocycles. The van der Waals surface area contributed by atoms with Crippen LogP contribution in [-0.2, 0) is 22.4 Å². The summed E-state index contributed by atoms with van der Waals surface area (Å²) < 4.78 is 5.19. The van der Waals surface area contributed by atoms with Gasteiger partial charge in [-0.25, -0.2) is 0 Å². The zero-order valence-corrected chi connectivity index (χ0v) is 19.1. The third kappa shape index (κ3) is 5.40. The molecule has 1 atom stereocenters. The van der Waals surface area contributed by atoms with Crippen molar-refractivity contribution in [2.75, 3.05) is 27.2 Å². The van der Waals surface area contributed by atoms with Crippen LogP contribution < -0.4 is 4.74 Å². The highest BCUT2D eigenvalue weighted by Crippen LogP contribution is 2.22. The van der Waals surface area contributed by atoms with Gasteiger partial charge in [-0.3, -0.25) is 14.6 Å². The van der Waals surface area contributed by atoms with E-state index in [-0.39, 0.29) is 11.8 Å². The monoisotopic (exact) mass is 443 g/mol. The Kier molecular flexibility index (Phi) is 7.03. The first-order chi connectivity index (χ1) is 16.0. The molecule has 1 aliphatic heterocycles. The number of aromatic nitrogens is 1. The lowest BCUT2D eigenvalue weighted by Crippen LogP contribution is -2.58. The molecule has 0 N–H and O–H groups in total. The molecule has 0 aliphatic carbocycles. The Labute approximate surface area is 194 Å². The number of rotatable bonds is 7. The van der Waals surface area contributed by atoms with Crippen LogP contribution in [0.15, 0.2) is 73.1 Å². The molecule has 2 heterocycles. The Bertz CT molecular complexity index is 1080. The number of hydrogen-bond donors (Lipinski definition) is 0. The highest BCUT2D eigenvalue weighted by molar-refractivity contribution is 5.89. The van der Waals surface area contributed by atoms with E-state index in [0.717, 1.165) is 28.0 Å². The lowest BCUT2D eigenvalue weighted by atomic mass is 9.98. The summed E-state index contributed by atoms with van der Waals surface area (Å²) in [7, 11) is 3.44. The van der Waals surface area contributed by atoms with E-state index in [9.17, 15) is 9.59 Å². The van der Waals surface area contributed by atoms with Crippen molar-refractivity contribution in [3.8, 4) is 16.9 Å². The number of likely N-dealkylation sites (N-methyl/N-ethyl adjacent to an activating group) is 1. The second-order valence-electron chi connectivity index (χ2n) is 8.35. The fourth-order valence-electron chi connectivity index (χ4n) is 4.20. The van der Waals surface area contributed by atoms with Gasteiger partial charge in [0.15, 0.2) is 0 Å². The zero-order valence-electron chi connectivity index (χ0n) is 19.1. The van der Waals surface area contributed by atoms with E-state index in [1.54, 1.807) is 36.4 Å². The Balaban J connectivity index is 1.44. The number of carbonyl (C=O) groups excluding carboxylic acids is 2. The van der Waals surface area contributed by atoms with Crippen LogP contribution in [0.4, 0.5) is 0 Å². The van der Waals surface area contributed by atoms with Crippen molar-refractivity contribution in [1.29, 1.82) is 0 Å². The minimum atomic E-state index is -0.473. The van der Waals surface area contributed by atoms with Gasteiger partial charge in [0, 0.05) is 45.4 Å². The number of methoxy groups -OCH3 is 1.